The third kappa shape index (κ3) is 4.01. The van der Waals surface area contributed by atoms with Gasteiger partial charge in [0.25, 0.3) is 0 Å². The minimum absolute atomic E-state index is 0.111. The molecular weight excluding hydrogens is 314 g/mol. The molecule has 2 rings (SSSR count). The van der Waals surface area contributed by atoms with Crippen molar-refractivity contribution >= 4 is 27.3 Å². The Kier molecular flexibility index (Phi) is 5.33. The molecule has 0 atom stereocenters. The van der Waals surface area contributed by atoms with Crippen molar-refractivity contribution < 1.29 is 18.3 Å². The fourth-order valence-electron chi connectivity index (χ4n) is 2.26. The maximum atomic E-state index is 12.3. The highest BCUT2D eigenvalue weighted by atomic mass is 32.2. The summed E-state index contributed by atoms with van der Waals surface area (Å²) in [5.74, 6) is -1.21. The molecule has 1 aromatic heterocycles. The van der Waals surface area contributed by atoms with Crippen LogP contribution in [-0.2, 0) is 10.0 Å². The van der Waals surface area contributed by atoms with Crippen LogP contribution in [-0.4, -0.2) is 63.7 Å². The zero-order chi connectivity index (χ0) is 15.5. The molecule has 0 spiro atoms. The highest BCUT2D eigenvalue weighted by Crippen LogP contribution is 2.26. The molecule has 9 heteroatoms. The molecule has 1 saturated heterocycles. The summed E-state index contributed by atoms with van der Waals surface area (Å²) in [5, 5.41) is 13.9. The van der Waals surface area contributed by atoms with Gasteiger partial charge in [-0.3, -0.25) is 4.90 Å². The number of thiophene rings is 1. The second-order valence-electron chi connectivity index (χ2n) is 4.87. The van der Waals surface area contributed by atoms with E-state index in [4.69, 9.17) is 5.11 Å². The summed E-state index contributed by atoms with van der Waals surface area (Å²) in [6, 6.07) is 0. The number of sulfonamides is 1. The average Bonchev–Trinajstić information content (AvgIpc) is 2.83. The lowest BCUT2D eigenvalue weighted by molar-refractivity contribution is 0.0698. The van der Waals surface area contributed by atoms with Crippen LogP contribution in [0.25, 0.3) is 0 Å². The van der Waals surface area contributed by atoms with E-state index in [1.807, 2.05) is 0 Å². The number of carboxylic acids is 1. The van der Waals surface area contributed by atoms with E-state index in [-0.39, 0.29) is 16.3 Å². The summed E-state index contributed by atoms with van der Waals surface area (Å²) in [5.41, 5.74) is 0.465. The van der Waals surface area contributed by atoms with Crippen LogP contribution in [0.2, 0.25) is 0 Å². The summed E-state index contributed by atoms with van der Waals surface area (Å²) >= 11 is 0.935. The Hall–Kier alpha value is -1.00. The first kappa shape index (κ1) is 16.4. The molecule has 0 unspecified atom stereocenters. The Labute approximate surface area is 128 Å². The molecule has 21 heavy (non-hydrogen) atoms. The minimum Gasteiger partial charge on any atom is -0.477 e. The zero-order valence-corrected chi connectivity index (χ0v) is 13.4. The lowest BCUT2D eigenvalue weighted by Crippen LogP contribution is -2.46. The van der Waals surface area contributed by atoms with Crippen LogP contribution < -0.4 is 10.0 Å². The van der Waals surface area contributed by atoms with Crippen molar-refractivity contribution in [2.24, 2.45) is 0 Å². The van der Waals surface area contributed by atoms with Crippen LogP contribution in [0, 0.1) is 6.92 Å². The van der Waals surface area contributed by atoms with Crippen molar-refractivity contribution in [3.8, 4) is 0 Å². The molecule has 3 N–H and O–H groups in total. The Morgan fingerprint density at radius 2 is 2.14 bits per heavy atom. The molecule has 0 aliphatic carbocycles. The number of carboxylic acid groups (broad SMARTS) is 1. The molecule has 1 aliphatic heterocycles. The second-order valence-corrected chi connectivity index (χ2v) is 7.45. The van der Waals surface area contributed by atoms with Crippen molar-refractivity contribution in [2.45, 2.75) is 11.8 Å². The number of nitrogens with one attached hydrogen (secondary N) is 2. The van der Waals surface area contributed by atoms with Gasteiger partial charge in [-0.15, -0.1) is 11.3 Å². The van der Waals surface area contributed by atoms with Crippen LogP contribution in [0.3, 0.4) is 0 Å². The molecule has 1 aliphatic rings. The van der Waals surface area contributed by atoms with Gasteiger partial charge in [-0.1, -0.05) is 0 Å². The van der Waals surface area contributed by atoms with Gasteiger partial charge in [0.05, 0.1) is 0 Å². The Morgan fingerprint density at radius 1 is 1.48 bits per heavy atom. The van der Waals surface area contributed by atoms with E-state index in [1.165, 1.54) is 0 Å². The number of aryl methyl sites for hydroxylation is 1. The van der Waals surface area contributed by atoms with E-state index in [0.29, 0.717) is 12.1 Å². The van der Waals surface area contributed by atoms with Crippen molar-refractivity contribution in [1.29, 1.82) is 0 Å². The summed E-state index contributed by atoms with van der Waals surface area (Å²) in [4.78, 5) is 13.0. The maximum Gasteiger partial charge on any atom is 0.347 e. The third-order valence-electron chi connectivity index (χ3n) is 3.31. The molecule has 0 amide bonds. The first-order chi connectivity index (χ1) is 9.92. The van der Waals surface area contributed by atoms with E-state index in [1.54, 1.807) is 12.3 Å². The fraction of sp³-hybridized carbons (Fsp3) is 0.583. The van der Waals surface area contributed by atoms with Gasteiger partial charge in [-0.05, 0) is 17.9 Å². The number of carbonyl (C=O) groups is 1. The smallest absolute Gasteiger partial charge is 0.347 e. The molecule has 0 bridgehead atoms. The van der Waals surface area contributed by atoms with Gasteiger partial charge in [0.1, 0.15) is 9.77 Å². The summed E-state index contributed by atoms with van der Waals surface area (Å²) in [6.07, 6.45) is 0. The molecule has 0 radical (unpaired) electrons. The monoisotopic (exact) mass is 333 g/mol. The summed E-state index contributed by atoms with van der Waals surface area (Å²) in [7, 11) is -3.79. The molecule has 1 fully saturated rings. The van der Waals surface area contributed by atoms with Gasteiger partial charge < -0.3 is 10.4 Å². The predicted octanol–water partition coefficient (Wildman–Crippen LogP) is -0.0618. The van der Waals surface area contributed by atoms with Crippen molar-refractivity contribution in [3.63, 3.8) is 0 Å². The van der Waals surface area contributed by atoms with Crippen molar-refractivity contribution in [2.75, 3.05) is 39.3 Å². The zero-order valence-electron chi connectivity index (χ0n) is 11.8. The van der Waals surface area contributed by atoms with Crippen LogP contribution >= 0.6 is 11.3 Å². The second kappa shape index (κ2) is 6.84. The lowest BCUT2D eigenvalue weighted by atomic mass is 10.3. The lowest BCUT2D eigenvalue weighted by Gasteiger charge is -2.27. The van der Waals surface area contributed by atoms with Gasteiger partial charge in [0.2, 0.25) is 10.0 Å². The van der Waals surface area contributed by atoms with E-state index in [2.05, 4.69) is 14.9 Å². The predicted molar refractivity (Wildman–Crippen MR) is 80.5 cm³/mol. The molecular formula is C12H19N3O4S2. The Bertz CT molecular complexity index is 606. The first-order valence-electron chi connectivity index (χ1n) is 6.66. The van der Waals surface area contributed by atoms with E-state index >= 15 is 0 Å². The van der Waals surface area contributed by atoms with Gasteiger partial charge in [0, 0.05) is 39.3 Å². The first-order valence-corrected chi connectivity index (χ1v) is 9.02. The molecule has 2 heterocycles. The number of aromatic carboxylic acids is 1. The molecule has 7 nitrogen and oxygen atoms in total. The van der Waals surface area contributed by atoms with Crippen LogP contribution in [0.1, 0.15) is 15.2 Å². The average molecular weight is 333 g/mol. The standard InChI is InChI=1S/C12H19N3O4S2/c1-9-8-20-10(12(16)17)11(9)21(18,19)14-4-7-15-5-2-13-3-6-15/h8,13-14H,2-7H2,1H3,(H,16,17). The van der Waals surface area contributed by atoms with Gasteiger partial charge >= 0.3 is 5.97 Å². The topological polar surface area (TPSA) is 98.7 Å². The van der Waals surface area contributed by atoms with Gasteiger partial charge in [0.15, 0.2) is 0 Å². The number of piperazine rings is 1. The quantitative estimate of drug-likeness (QED) is 0.674. The third-order valence-corrected chi connectivity index (χ3v) is 6.17. The van der Waals surface area contributed by atoms with Gasteiger partial charge in [-0.25, -0.2) is 17.9 Å². The van der Waals surface area contributed by atoms with Gasteiger partial charge in [-0.2, -0.15) is 0 Å². The Morgan fingerprint density at radius 3 is 2.76 bits per heavy atom. The number of nitrogens with zero attached hydrogens (tertiary/aromatic N) is 1. The molecule has 118 valence electrons. The van der Waals surface area contributed by atoms with E-state index < -0.39 is 16.0 Å². The van der Waals surface area contributed by atoms with Crippen LogP contribution in [0.15, 0.2) is 10.3 Å². The minimum atomic E-state index is -3.79. The van der Waals surface area contributed by atoms with Crippen LogP contribution in [0.5, 0.6) is 0 Å². The van der Waals surface area contributed by atoms with E-state index in [9.17, 15) is 13.2 Å². The normalized spacial score (nSPS) is 17.0. The Balaban J connectivity index is 2.01. The van der Waals surface area contributed by atoms with Crippen molar-refractivity contribution in [3.05, 3.63) is 15.8 Å². The fourth-order valence-corrected chi connectivity index (χ4v) is 4.91. The van der Waals surface area contributed by atoms with Crippen molar-refractivity contribution in [1.82, 2.24) is 14.9 Å². The molecule has 0 aromatic carbocycles. The molecule has 1 aromatic rings. The largest absolute Gasteiger partial charge is 0.477 e. The highest BCUT2D eigenvalue weighted by Gasteiger charge is 2.26. The number of hydrogen-bond donors (Lipinski definition) is 3. The highest BCUT2D eigenvalue weighted by molar-refractivity contribution is 7.89. The number of hydrogen-bond acceptors (Lipinski definition) is 6. The number of rotatable bonds is 6. The SMILES string of the molecule is Cc1csc(C(=O)O)c1S(=O)(=O)NCCN1CCNCC1. The van der Waals surface area contributed by atoms with E-state index in [0.717, 1.165) is 37.5 Å². The molecule has 0 saturated carbocycles. The van der Waals surface area contributed by atoms with Crippen LogP contribution in [0.4, 0.5) is 0 Å². The maximum absolute atomic E-state index is 12.3. The summed E-state index contributed by atoms with van der Waals surface area (Å²) < 4.78 is 27.1. The summed E-state index contributed by atoms with van der Waals surface area (Å²) in [6.45, 7) is 6.08.